The van der Waals surface area contributed by atoms with Crippen LogP contribution in [0.5, 0.6) is 0 Å². The van der Waals surface area contributed by atoms with E-state index in [0.29, 0.717) is 23.8 Å². The average molecular weight is 533 g/mol. The van der Waals surface area contributed by atoms with Gasteiger partial charge in [-0.3, -0.25) is 14.6 Å². The Kier molecular flexibility index (Phi) is 8.42. The summed E-state index contributed by atoms with van der Waals surface area (Å²) in [5.41, 5.74) is 3.61. The second-order valence-corrected chi connectivity index (χ2v) is 11.4. The van der Waals surface area contributed by atoms with Gasteiger partial charge in [0, 0.05) is 31.0 Å². The van der Waals surface area contributed by atoms with Crippen molar-refractivity contribution in [3.63, 3.8) is 0 Å². The lowest BCUT2D eigenvalue weighted by Gasteiger charge is -2.20. The third-order valence-electron chi connectivity index (χ3n) is 5.94. The number of amidine groups is 1. The molecule has 2 amide bonds. The summed E-state index contributed by atoms with van der Waals surface area (Å²) in [6.07, 6.45) is 1.01. The Balaban J connectivity index is 1.30. The molecule has 4 N–H and O–H groups in total. The number of sulfonamides is 1. The van der Waals surface area contributed by atoms with Crippen LogP contribution in [0.4, 0.5) is 5.69 Å². The van der Waals surface area contributed by atoms with Gasteiger partial charge in [0.15, 0.2) is 5.17 Å². The lowest BCUT2D eigenvalue weighted by Crippen LogP contribution is -2.35. The molecule has 4 rings (SSSR count). The number of aryl methyl sites for hydroxylation is 1. The van der Waals surface area contributed by atoms with E-state index in [0.717, 1.165) is 26.7 Å². The molecule has 2 aliphatic heterocycles. The van der Waals surface area contributed by atoms with E-state index in [9.17, 15) is 18.0 Å². The number of aliphatic hydroxyl groups excluding tert-OH is 2. The molecule has 1 atom stereocenters. The smallest absolute Gasteiger partial charge is 0.243 e. The quantitative estimate of drug-likeness (QED) is 0.357. The van der Waals surface area contributed by atoms with E-state index >= 15 is 0 Å². The number of hydrogen-bond acceptors (Lipinski definition) is 8. The summed E-state index contributed by atoms with van der Waals surface area (Å²) in [7, 11) is -3.83. The molecule has 0 radical (unpaired) electrons. The summed E-state index contributed by atoms with van der Waals surface area (Å²) < 4.78 is 26.4. The van der Waals surface area contributed by atoms with Crippen LogP contribution >= 0.6 is 11.8 Å². The molecule has 2 aromatic rings. The minimum atomic E-state index is -3.83. The number of rotatable bonds is 10. The number of carbonyl (C=O) groups is 2. The van der Waals surface area contributed by atoms with Crippen molar-refractivity contribution >= 4 is 44.5 Å². The molecule has 0 saturated heterocycles. The second-order valence-electron chi connectivity index (χ2n) is 8.45. The topological polar surface area (TPSA) is 148 Å². The van der Waals surface area contributed by atoms with Crippen LogP contribution in [-0.2, 0) is 32.5 Å². The molecule has 2 aliphatic rings. The number of anilines is 1. The van der Waals surface area contributed by atoms with Gasteiger partial charge in [-0.25, -0.2) is 8.42 Å². The van der Waals surface area contributed by atoms with Crippen LogP contribution in [0, 0.1) is 0 Å². The Labute approximate surface area is 213 Å². The summed E-state index contributed by atoms with van der Waals surface area (Å²) in [4.78, 5) is 28.7. The molecular formula is C24H28N4O6S2. The second kappa shape index (κ2) is 11.5. The number of amides is 2. The van der Waals surface area contributed by atoms with Gasteiger partial charge in [0.25, 0.3) is 0 Å². The first-order valence-corrected chi connectivity index (χ1v) is 14.0. The van der Waals surface area contributed by atoms with E-state index < -0.39 is 10.0 Å². The fourth-order valence-corrected chi connectivity index (χ4v) is 6.45. The van der Waals surface area contributed by atoms with Crippen molar-refractivity contribution in [3.8, 4) is 0 Å². The molecule has 12 heteroatoms. The van der Waals surface area contributed by atoms with Crippen LogP contribution in [0.2, 0.25) is 0 Å². The molecule has 0 saturated carbocycles. The molecule has 1 unspecified atom stereocenters. The predicted molar refractivity (Wildman–Crippen MR) is 137 cm³/mol. The van der Waals surface area contributed by atoms with Gasteiger partial charge < -0.3 is 20.8 Å². The number of carbonyl (C=O) groups excluding carboxylic acids is 2. The van der Waals surface area contributed by atoms with Crippen LogP contribution in [0.1, 0.15) is 29.2 Å². The third kappa shape index (κ3) is 6.13. The van der Waals surface area contributed by atoms with E-state index in [-0.39, 0.29) is 55.5 Å². The monoisotopic (exact) mass is 532 g/mol. The van der Waals surface area contributed by atoms with Crippen LogP contribution in [0.15, 0.2) is 52.4 Å². The Morgan fingerprint density at radius 3 is 2.56 bits per heavy atom. The number of thioether (sulfide) groups is 1. The molecule has 10 nitrogen and oxygen atoms in total. The Morgan fingerprint density at radius 2 is 1.86 bits per heavy atom. The van der Waals surface area contributed by atoms with E-state index in [1.807, 2.05) is 18.2 Å². The van der Waals surface area contributed by atoms with E-state index in [4.69, 9.17) is 10.2 Å². The predicted octanol–water partition coefficient (Wildman–Crippen LogP) is 1.05. The first-order valence-electron chi connectivity index (χ1n) is 11.5. The van der Waals surface area contributed by atoms with Gasteiger partial charge in [-0.15, -0.1) is 0 Å². The van der Waals surface area contributed by atoms with Crippen molar-refractivity contribution in [2.75, 3.05) is 37.4 Å². The summed E-state index contributed by atoms with van der Waals surface area (Å²) >= 11 is 1.47. The third-order valence-corrected chi connectivity index (χ3v) is 8.81. The maximum absolute atomic E-state index is 12.7. The first kappa shape index (κ1) is 26.3. The molecule has 0 aromatic heterocycles. The fraction of sp³-hybridized carbons (Fsp3) is 0.375. The van der Waals surface area contributed by atoms with Gasteiger partial charge in [-0.1, -0.05) is 36.0 Å². The highest BCUT2D eigenvalue weighted by atomic mass is 32.2. The fourth-order valence-electron chi connectivity index (χ4n) is 4.06. The zero-order valence-corrected chi connectivity index (χ0v) is 21.1. The minimum Gasteiger partial charge on any atom is -0.395 e. The van der Waals surface area contributed by atoms with Gasteiger partial charge in [0.1, 0.15) is 0 Å². The van der Waals surface area contributed by atoms with Crippen molar-refractivity contribution in [1.29, 1.82) is 0 Å². The number of aliphatic hydroxyl groups is 2. The number of nitrogens with one attached hydrogen (secondary N) is 2. The van der Waals surface area contributed by atoms with Crippen molar-refractivity contribution < 1.29 is 28.2 Å². The number of nitrogens with zero attached hydrogens (tertiary/aromatic N) is 2. The van der Waals surface area contributed by atoms with Gasteiger partial charge >= 0.3 is 0 Å². The van der Waals surface area contributed by atoms with Crippen molar-refractivity contribution in [2.24, 2.45) is 4.99 Å². The highest BCUT2D eigenvalue weighted by Gasteiger charge is 2.25. The number of aliphatic imine (C=N–C) groups is 1. The average Bonchev–Trinajstić information content (AvgIpc) is 3.47. The molecule has 0 fully saturated rings. The molecule has 2 aromatic carbocycles. The lowest BCUT2D eigenvalue weighted by atomic mass is 10.0. The summed E-state index contributed by atoms with van der Waals surface area (Å²) in [5, 5.41) is 24.4. The van der Waals surface area contributed by atoms with Crippen LogP contribution in [0.25, 0.3) is 0 Å². The van der Waals surface area contributed by atoms with Crippen LogP contribution in [-0.4, -0.2) is 72.0 Å². The van der Waals surface area contributed by atoms with Crippen LogP contribution in [0.3, 0.4) is 0 Å². The SMILES string of the molecule is O=C(CCc1ccc(S(=O)(=O)N(CCO)CCO)cc1)NC1=NC(c2ccc3c(c2)CC(=O)N3)CS1. The minimum absolute atomic E-state index is 0.0129. The molecule has 192 valence electrons. The van der Waals surface area contributed by atoms with Gasteiger partial charge in [0.05, 0.1) is 30.6 Å². The van der Waals surface area contributed by atoms with E-state index in [2.05, 4.69) is 15.6 Å². The lowest BCUT2D eigenvalue weighted by molar-refractivity contribution is -0.119. The van der Waals surface area contributed by atoms with Crippen molar-refractivity contribution in [2.45, 2.75) is 30.2 Å². The molecule has 0 spiro atoms. The first-order chi connectivity index (χ1) is 17.3. The molecular weight excluding hydrogens is 504 g/mol. The maximum atomic E-state index is 12.7. The van der Waals surface area contributed by atoms with Gasteiger partial charge in [0.2, 0.25) is 21.8 Å². The molecule has 0 aliphatic carbocycles. The summed E-state index contributed by atoms with van der Waals surface area (Å²) in [5.74, 6) is 0.510. The number of hydrogen-bond donors (Lipinski definition) is 4. The zero-order chi connectivity index (χ0) is 25.7. The zero-order valence-electron chi connectivity index (χ0n) is 19.5. The molecule has 36 heavy (non-hydrogen) atoms. The Hall–Kier alpha value is -2.77. The van der Waals surface area contributed by atoms with Gasteiger partial charge in [-0.05, 0) is 41.3 Å². The summed E-state index contributed by atoms with van der Waals surface area (Å²) in [6.45, 7) is -0.890. The molecule has 2 heterocycles. The van der Waals surface area contributed by atoms with Crippen molar-refractivity contribution in [1.82, 2.24) is 9.62 Å². The highest BCUT2D eigenvalue weighted by molar-refractivity contribution is 8.14. The van der Waals surface area contributed by atoms with Crippen molar-refractivity contribution in [3.05, 3.63) is 59.2 Å². The maximum Gasteiger partial charge on any atom is 0.243 e. The van der Waals surface area contributed by atoms with Gasteiger partial charge in [-0.2, -0.15) is 4.31 Å². The Bertz CT molecular complexity index is 1260. The normalized spacial score (nSPS) is 17.1. The van der Waals surface area contributed by atoms with Crippen LogP contribution < -0.4 is 10.6 Å². The standard InChI is InChI=1S/C24H28N4O6S2/c29-11-9-28(10-12-30)36(33,34)19-5-1-16(2-6-19)3-8-22(31)27-24-26-21(15-35-24)17-4-7-20-18(13-17)14-23(32)25-20/h1-2,4-7,13,21,29-30H,3,8-12,14-15H2,(H,25,32)(H,26,27,31). The number of fused-ring (bicyclic) bond motifs is 1. The summed E-state index contributed by atoms with van der Waals surface area (Å²) in [6, 6.07) is 12.0. The Morgan fingerprint density at radius 1 is 1.14 bits per heavy atom. The largest absolute Gasteiger partial charge is 0.395 e. The number of benzene rings is 2. The molecule has 0 bridgehead atoms. The van der Waals surface area contributed by atoms with E-state index in [1.54, 1.807) is 12.1 Å². The van der Waals surface area contributed by atoms with E-state index in [1.165, 1.54) is 23.9 Å². The highest BCUT2D eigenvalue weighted by Crippen LogP contribution is 2.33.